The molecule has 4 N–H and O–H groups in total. The topological polar surface area (TPSA) is 32.1 Å². The van der Waals surface area contributed by atoms with Gasteiger partial charge >= 0.3 is 0 Å². The van der Waals surface area contributed by atoms with Crippen LogP contribution in [0, 0.1) is 0 Å². The number of rotatable bonds is 9. The van der Waals surface area contributed by atoms with Gasteiger partial charge in [0.15, 0.2) is 0 Å². The van der Waals surface area contributed by atoms with Gasteiger partial charge in [-0.15, -0.1) is 0 Å². The highest BCUT2D eigenvalue weighted by molar-refractivity contribution is 4.36. The van der Waals surface area contributed by atoms with E-state index in [4.69, 9.17) is 0 Å². The molecule has 2 nitrogen and oxygen atoms in total. The second kappa shape index (κ2) is 10.0. The zero-order valence-corrected chi connectivity index (χ0v) is 9.57. The average molecular weight is 188 g/mol. The van der Waals surface area contributed by atoms with E-state index in [1.807, 2.05) is 0 Å². The molecule has 0 spiro atoms. The van der Waals surface area contributed by atoms with E-state index in [-0.39, 0.29) is 0 Å². The number of nitrogens with one attached hydrogen (secondary N) is 1. The van der Waals surface area contributed by atoms with Gasteiger partial charge in [-0.05, 0) is 12.8 Å². The van der Waals surface area contributed by atoms with Crippen LogP contribution in [0.1, 0.15) is 46.0 Å². The smallest absolute Gasteiger partial charge is 0.0825 e. The van der Waals surface area contributed by atoms with Crippen molar-refractivity contribution in [1.82, 2.24) is 0 Å². The molecular formula is C11H28N2+2. The van der Waals surface area contributed by atoms with Gasteiger partial charge in [0.2, 0.25) is 0 Å². The lowest BCUT2D eigenvalue weighted by Gasteiger charge is -2.18. The highest BCUT2D eigenvalue weighted by Gasteiger charge is 2.05. The molecule has 0 aromatic carbocycles. The molecule has 80 valence electrons. The van der Waals surface area contributed by atoms with Gasteiger partial charge in [0, 0.05) is 6.42 Å². The van der Waals surface area contributed by atoms with Gasteiger partial charge in [-0.25, -0.2) is 0 Å². The summed E-state index contributed by atoms with van der Waals surface area (Å²) in [5.74, 6) is 0. The third-order valence-corrected chi connectivity index (χ3v) is 2.55. The van der Waals surface area contributed by atoms with Crippen LogP contribution >= 0.6 is 0 Å². The third kappa shape index (κ3) is 8.26. The Hall–Kier alpha value is -0.0800. The molecule has 0 saturated carbocycles. The fourth-order valence-electron chi connectivity index (χ4n) is 1.60. The summed E-state index contributed by atoms with van der Waals surface area (Å²) in [7, 11) is 0. The largest absolute Gasteiger partial charge is 0.357 e. The van der Waals surface area contributed by atoms with Gasteiger partial charge in [0.25, 0.3) is 0 Å². The Labute approximate surface area is 83.5 Å². The van der Waals surface area contributed by atoms with E-state index >= 15 is 0 Å². The molecule has 13 heavy (non-hydrogen) atoms. The quantitative estimate of drug-likeness (QED) is 0.515. The fourth-order valence-corrected chi connectivity index (χ4v) is 1.60. The van der Waals surface area contributed by atoms with Crippen molar-refractivity contribution in [2.24, 2.45) is 0 Å². The zero-order valence-electron chi connectivity index (χ0n) is 9.57. The molecule has 0 aromatic heterocycles. The molecule has 0 unspecified atom stereocenters. The fraction of sp³-hybridized carbons (Fsp3) is 1.00. The minimum absolute atomic E-state index is 1.10. The summed E-state index contributed by atoms with van der Waals surface area (Å²) in [6, 6.07) is 0. The van der Waals surface area contributed by atoms with E-state index in [1.54, 1.807) is 4.90 Å². The van der Waals surface area contributed by atoms with Crippen molar-refractivity contribution in [2.75, 3.05) is 26.2 Å². The van der Waals surface area contributed by atoms with Gasteiger partial charge in [-0.2, -0.15) is 0 Å². The number of quaternary nitrogens is 2. The zero-order chi connectivity index (χ0) is 9.94. The first kappa shape index (κ1) is 12.9. The summed E-state index contributed by atoms with van der Waals surface area (Å²) in [6.45, 7) is 9.73. The van der Waals surface area contributed by atoms with E-state index in [1.165, 1.54) is 51.7 Å². The Morgan fingerprint density at radius 1 is 0.846 bits per heavy atom. The minimum atomic E-state index is 1.10. The molecule has 2 heteroatoms. The normalized spacial score (nSPS) is 11.1. The third-order valence-electron chi connectivity index (χ3n) is 2.55. The lowest BCUT2D eigenvalue weighted by Crippen LogP contribution is -3.12. The summed E-state index contributed by atoms with van der Waals surface area (Å²) >= 11 is 0. The molecular weight excluding hydrogens is 160 g/mol. The second-order valence-corrected chi connectivity index (χ2v) is 3.91. The molecule has 0 fully saturated rings. The van der Waals surface area contributed by atoms with Crippen LogP contribution in [0.15, 0.2) is 0 Å². The van der Waals surface area contributed by atoms with E-state index < -0.39 is 0 Å². The maximum absolute atomic E-state index is 3.90. The summed E-state index contributed by atoms with van der Waals surface area (Å²) in [5, 5.41) is 0. The van der Waals surface area contributed by atoms with Crippen molar-refractivity contribution in [3.05, 3.63) is 0 Å². The molecule has 0 aliphatic heterocycles. The number of hydrogen-bond donors (Lipinski definition) is 2. The van der Waals surface area contributed by atoms with Crippen LogP contribution in [0.5, 0.6) is 0 Å². The van der Waals surface area contributed by atoms with Crippen molar-refractivity contribution >= 4 is 0 Å². The Morgan fingerprint density at radius 3 is 1.69 bits per heavy atom. The molecule has 0 radical (unpaired) electrons. The Kier molecular flexibility index (Phi) is 9.94. The monoisotopic (exact) mass is 188 g/mol. The van der Waals surface area contributed by atoms with E-state index in [2.05, 4.69) is 19.6 Å². The summed E-state index contributed by atoms with van der Waals surface area (Å²) < 4.78 is 0. The lowest BCUT2D eigenvalue weighted by molar-refractivity contribution is -0.901. The first-order valence-corrected chi connectivity index (χ1v) is 5.97. The molecule has 0 aromatic rings. The summed E-state index contributed by atoms with van der Waals surface area (Å²) in [5.41, 5.74) is 3.90. The van der Waals surface area contributed by atoms with Crippen LogP contribution in [0.3, 0.4) is 0 Å². The standard InChI is InChI=1S/C11H26N2/c1-3-5-9-13(10-6-4-2)11-7-8-12/h3-12H2,1-2H3/p+2. The van der Waals surface area contributed by atoms with E-state index in [0.717, 1.165) is 6.54 Å². The van der Waals surface area contributed by atoms with Gasteiger partial charge in [0.05, 0.1) is 26.2 Å². The predicted octanol–water partition coefficient (Wildman–Crippen LogP) is 0.104. The molecule has 0 bridgehead atoms. The SMILES string of the molecule is CCCC[NH+](CCCC)CCC[NH3+]. The molecule has 0 saturated heterocycles. The average Bonchev–Trinajstić information content (AvgIpc) is 2.17. The first-order chi connectivity index (χ1) is 6.35. The van der Waals surface area contributed by atoms with Crippen molar-refractivity contribution in [3.8, 4) is 0 Å². The van der Waals surface area contributed by atoms with Gasteiger partial charge in [-0.1, -0.05) is 26.7 Å². The van der Waals surface area contributed by atoms with Crippen LogP contribution in [0.25, 0.3) is 0 Å². The Bertz CT molecular complexity index is 75.1. The van der Waals surface area contributed by atoms with E-state index in [9.17, 15) is 0 Å². The van der Waals surface area contributed by atoms with E-state index in [0.29, 0.717) is 0 Å². The van der Waals surface area contributed by atoms with Crippen molar-refractivity contribution < 1.29 is 10.6 Å². The first-order valence-electron chi connectivity index (χ1n) is 5.97. The van der Waals surface area contributed by atoms with Crippen molar-refractivity contribution in [2.45, 2.75) is 46.0 Å². The minimum Gasteiger partial charge on any atom is -0.357 e. The van der Waals surface area contributed by atoms with Crippen LogP contribution < -0.4 is 10.6 Å². The molecule has 0 heterocycles. The maximum atomic E-state index is 3.90. The Morgan fingerprint density at radius 2 is 1.31 bits per heavy atom. The van der Waals surface area contributed by atoms with Crippen molar-refractivity contribution in [3.63, 3.8) is 0 Å². The number of unbranched alkanes of at least 4 members (excludes halogenated alkanes) is 2. The Balaban J connectivity index is 3.47. The van der Waals surface area contributed by atoms with Crippen LogP contribution in [0.4, 0.5) is 0 Å². The highest BCUT2D eigenvalue weighted by atomic mass is 15.1. The summed E-state index contributed by atoms with van der Waals surface area (Å²) in [4.78, 5) is 1.80. The number of hydrogen-bond acceptors (Lipinski definition) is 0. The van der Waals surface area contributed by atoms with Crippen LogP contribution in [-0.4, -0.2) is 26.2 Å². The molecule has 0 rings (SSSR count). The lowest BCUT2D eigenvalue weighted by atomic mass is 10.2. The second-order valence-electron chi connectivity index (χ2n) is 3.91. The molecule has 0 aliphatic rings. The van der Waals surface area contributed by atoms with Crippen LogP contribution in [-0.2, 0) is 0 Å². The van der Waals surface area contributed by atoms with Gasteiger partial charge < -0.3 is 10.6 Å². The van der Waals surface area contributed by atoms with Crippen LogP contribution in [0.2, 0.25) is 0 Å². The maximum Gasteiger partial charge on any atom is 0.0825 e. The highest BCUT2D eigenvalue weighted by Crippen LogP contribution is 1.83. The van der Waals surface area contributed by atoms with Gasteiger partial charge in [0.1, 0.15) is 0 Å². The molecule has 0 atom stereocenters. The summed E-state index contributed by atoms with van der Waals surface area (Å²) in [6.07, 6.45) is 6.73. The molecule has 0 aliphatic carbocycles. The molecule has 0 amide bonds. The van der Waals surface area contributed by atoms with Crippen molar-refractivity contribution in [1.29, 1.82) is 0 Å². The predicted molar refractivity (Wildman–Crippen MR) is 57.8 cm³/mol. The van der Waals surface area contributed by atoms with Gasteiger partial charge in [-0.3, -0.25) is 0 Å².